The van der Waals surface area contributed by atoms with Crippen LogP contribution in [0.1, 0.15) is 5.56 Å². The van der Waals surface area contributed by atoms with Gasteiger partial charge in [0.25, 0.3) is 0 Å². The summed E-state index contributed by atoms with van der Waals surface area (Å²) in [6, 6.07) is 56.3. The van der Waals surface area contributed by atoms with Gasteiger partial charge in [-0.15, -0.1) is 0 Å². The van der Waals surface area contributed by atoms with Crippen LogP contribution in [0.3, 0.4) is 0 Å². The van der Waals surface area contributed by atoms with Crippen LogP contribution < -0.4 is 0 Å². The van der Waals surface area contributed by atoms with E-state index in [4.69, 9.17) is 6.57 Å². The van der Waals surface area contributed by atoms with Gasteiger partial charge in [0, 0.05) is 27.1 Å². The highest BCUT2D eigenvalue weighted by molar-refractivity contribution is 6.11. The number of para-hydroxylation sites is 5. The molecule has 0 saturated carbocycles. The number of hydrogen-bond acceptors (Lipinski definition) is 1. The second-order valence-corrected chi connectivity index (χ2v) is 11.9. The summed E-state index contributed by atoms with van der Waals surface area (Å²) in [5.41, 5.74) is 10.5. The van der Waals surface area contributed by atoms with Gasteiger partial charge in [-0.3, -0.25) is 0 Å². The van der Waals surface area contributed by atoms with Crippen LogP contribution in [0.15, 0.2) is 158 Å². The minimum atomic E-state index is 0.534. The molecule has 2 heterocycles. The Hall–Kier alpha value is -6.88. The first-order chi connectivity index (χ1) is 23.8. The van der Waals surface area contributed by atoms with Crippen molar-refractivity contribution in [3.63, 3.8) is 0 Å². The molecule has 0 spiro atoms. The summed E-state index contributed by atoms with van der Waals surface area (Å²) in [7, 11) is 0. The molecule has 0 bridgehead atoms. The van der Waals surface area contributed by atoms with E-state index in [9.17, 15) is 5.26 Å². The molecule has 222 valence electrons. The molecule has 0 saturated heterocycles. The molecule has 0 aliphatic rings. The van der Waals surface area contributed by atoms with Gasteiger partial charge in [-0.25, -0.2) is 4.85 Å². The van der Waals surface area contributed by atoms with Gasteiger partial charge in [-0.05, 0) is 53.1 Å². The zero-order valence-electron chi connectivity index (χ0n) is 25.8. The number of rotatable bonds is 4. The zero-order valence-corrected chi connectivity index (χ0v) is 25.8. The average molecular weight is 611 g/mol. The maximum absolute atomic E-state index is 10.9. The monoisotopic (exact) mass is 610 g/mol. The summed E-state index contributed by atoms with van der Waals surface area (Å²) in [6.45, 7) is 8.28. The van der Waals surface area contributed by atoms with Crippen LogP contribution in [0, 0.1) is 17.9 Å². The van der Waals surface area contributed by atoms with Crippen LogP contribution >= 0.6 is 0 Å². The standard InChI is InChI=1S/C44H26N4/c1-46-37-21-12-20-34(29-19-13-27-43(36(29)28-45)48-40-24-9-4-16-32(40)33-17-5-10-25-41(33)48)44(37)35-18-6-11-26-42(35)47-38-22-7-2-14-30(38)31-15-3-8-23-39(31)47/h2-27H. The molecule has 2 aromatic heterocycles. The van der Waals surface area contributed by atoms with E-state index in [1.165, 1.54) is 10.8 Å². The maximum atomic E-state index is 10.9. The molecule has 4 nitrogen and oxygen atoms in total. The summed E-state index contributed by atoms with van der Waals surface area (Å²) in [5, 5.41) is 15.5. The van der Waals surface area contributed by atoms with Crippen LogP contribution in [0.2, 0.25) is 0 Å². The van der Waals surface area contributed by atoms with E-state index in [-0.39, 0.29) is 0 Å². The molecule has 7 aromatic carbocycles. The highest BCUT2D eigenvalue weighted by atomic mass is 15.0. The van der Waals surface area contributed by atoms with E-state index in [1.54, 1.807) is 0 Å². The third-order valence-electron chi connectivity index (χ3n) is 9.42. The number of fused-ring (bicyclic) bond motifs is 6. The Bertz CT molecular complexity index is 2710. The molecule has 4 heteroatoms. The molecule has 0 radical (unpaired) electrons. The van der Waals surface area contributed by atoms with Crippen molar-refractivity contribution in [3.8, 4) is 39.7 Å². The topological polar surface area (TPSA) is 38.0 Å². The van der Waals surface area contributed by atoms with Gasteiger partial charge in [-0.2, -0.15) is 5.26 Å². The predicted molar refractivity (Wildman–Crippen MR) is 197 cm³/mol. The van der Waals surface area contributed by atoms with E-state index in [0.717, 1.165) is 66.5 Å². The predicted octanol–water partition coefficient (Wildman–Crippen LogP) is 11.6. The van der Waals surface area contributed by atoms with E-state index in [0.29, 0.717) is 11.3 Å². The molecule has 0 fully saturated rings. The molecule has 0 unspecified atom stereocenters. The van der Waals surface area contributed by atoms with Crippen molar-refractivity contribution in [2.24, 2.45) is 0 Å². The van der Waals surface area contributed by atoms with Gasteiger partial charge >= 0.3 is 0 Å². The van der Waals surface area contributed by atoms with Crippen LogP contribution in [-0.2, 0) is 0 Å². The summed E-state index contributed by atoms with van der Waals surface area (Å²) >= 11 is 0. The third kappa shape index (κ3) is 3.94. The largest absolute Gasteiger partial charge is 0.309 e. The van der Waals surface area contributed by atoms with Crippen molar-refractivity contribution in [2.45, 2.75) is 0 Å². The van der Waals surface area contributed by atoms with Gasteiger partial charge in [0.15, 0.2) is 5.69 Å². The number of nitriles is 1. The van der Waals surface area contributed by atoms with Crippen molar-refractivity contribution >= 4 is 49.3 Å². The Morgan fingerprint density at radius 3 is 1.40 bits per heavy atom. The first-order valence-corrected chi connectivity index (χ1v) is 15.9. The van der Waals surface area contributed by atoms with Gasteiger partial charge in [-0.1, -0.05) is 121 Å². The molecule has 9 rings (SSSR count). The summed E-state index contributed by atoms with van der Waals surface area (Å²) < 4.78 is 4.49. The maximum Gasteiger partial charge on any atom is 0.195 e. The summed E-state index contributed by atoms with van der Waals surface area (Å²) in [5.74, 6) is 0. The normalized spacial score (nSPS) is 11.3. The first-order valence-electron chi connectivity index (χ1n) is 15.9. The number of nitrogens with zero attached hydrogens (tertiary/aromatic N) is 4. The lowest BCUT2D eigenvalue weighted by Gasteiger charge is -2.20. The fraction of sp³-hybridized carbons (Fsp3) is 0. The Balaban J connectivity index is 1.35. The van der Waals surface area contributed by atoms with Crippen LogP contribution in [0.4, 0.5) is 5.69 Å². The second-order valence-electron chi connectivity index (χ2n) is 11.9. The van der Waals surface area contributed by atoms with Gasteiger partial charge in [0.05, 0.1) is 45.6 Å². The highest BCUT2D eigenvalue weighted by Crippen LogP contribution is 2.45. The number of hydrogen-bond donors (Lipinski definition) is 0. The van der Waals surface area contributed by atoms with Crippen molar-refractivity contribution in [3.05, 3.63) is 175 Å². The Morgan fingerprint density at radius 2 is 0.854 bits per heavy atom. The zero-order chi connectivity index (χ0) is 32.2. The lowest BCUT2D eigenvalue weighted by Crippen LogP contribution is -2.01. The van der Waals surface area contributed by atoms with E-state index < -0.39 is 0 Å². The smallest absolute Gasteiger partial charge is 0.195 e. The van der Waals surface area contributed by atoms with Gasteiger partial charge < -0.3 is 9.13 Å². The van der Waals surface area contributed by atoms with Gasteiger partial charge in [0.1, 0.15) is 6.07 Å². The molecule has 0 aliphatic carbocycles. The second kappa shape index (κ2) is 10.9. The van der Waals surface area contributed by atoms with E-state index >= 15 is 0 Å². The summed E-state index contributed by atoms with van der Waals surface area (Å²) in [6.07, 6.45) is 0. The fourth-order valence-corrected chi connectivity index (χ4v) is 7.45. The molecular weight excluding hydrogens is 585 g/mol. The molecule has 0 amide bonds. The minimum absolute atomic E-state index is 0.534. The van der Waals surface area contributed by atoms with Crippen molar-refractivity contribution in [2.75, 3.05) is 0 Å². The third-order valence-corrected chi connectivity index (χ3v) is 9.42. The molecule has 9 aromatic rings. The van der Waals surface area contributed by atoms with Crippen molar-refractivity contribution in [1.29, 1.82) is 5.26 Å². The summed E-state index contributed by atoms with van der Waals surface area (Å²) in [4.78, 5) is 4.04. The Labute approximate surface area is 277 Å². The van der Waals surface area contributed by atoms with Gasteiger partial charge in [0.2, 0.25) is 0 Å². The lowest BCUT2D eigenvalue weighted by atomic mass is 9.89. The van der Waals surface area contributed by atoms with E-state index in [1.807, 2.05) is 60.7 Å². The average Bonchev–Trinajstić information content (AvgIpc) is 3.67. The molecule has 0 N–H and O–H groups in total. The minimum Gasteiger partial charge on any atom is -0.309 e. The fourth-order valence-electron chi connectivity index (χ4n) is 7.45. The quantitative estimate of drug-likeness (QED) is 0.183. The van der Waals surface area contributed by atoms with Crippen LogP contribution in [0.5, 0.6) is 0 Å². The first kappa shape index (κ1) is 27.4. The van der Waals surface area contributed by atoms with Crippen LogP contribution in [-0.4, -0.2) is 9.13 Å². The Morgan fingerprint density at radius 1 is 0.438 bits per heavy atom. The van der Waals surface area contributed by atoms with Crippen molar-refractivity contribution < 1.29 is 0 Å². The molecule has 48 heavy (non-hydrogen) atoms. The van der Waals surface area contributed by atoms with E-state index in [2.05, 4.69) is 117 Å². The molecular formula is C44H26N4. The highest BCUT2D eigenvalue weighted by Gasteiger charge is 2.23. The SMILES string of the molecule is [C-]#[N+]c1cccc(-c2cccc(-n3c4ccccc4c4ccccc43)c2C#N)c1-c1ccccc1-n1c2ccccc2c2ccccc21. The van der Waals surface area contributed by atoms with Crippen LogP contribution in [0.25, 0.3) is 82.1 Å². The number of benzene rings is 7. The molecule has 0 atom stereocenters. The van der Waals surface area contributed by atoms with Crippen molar-refractivity contribution in [1.82, 2.24) is 9.13 Å². The molecule has 0 aliphatic heterocycles. The number of aromatic nitrogens is 2. The Kier molecular flexibility index (Phi) is 6.22. The lowest BCUT2D eigenvalue weighted by molar-refractivity contribution is 1.17.